The van der Waals surface area contributed by atoms with Crippen molar-refractivity contribution in [2.24, 2.45) is 0 Å². The van der Waals surface area contributed by atoms with Gasteiger partial charge in [-0.2, -0.15) is 0 Å². The number of halogens is 2. The van der Waals surface area contributed by atoms with E-state index in [0.717, 1.165) is 23.0 Å². The minimum atomic E-state index is 0.762. The Morgan fingerprint density at radius 1 is 1.10 bits per heavy atom. The molecule has 2 nitrogen and oxygen atoms in total. The third kappa shape index (κ3) is 3.04. The Labute approximate surface area is 136 Å². The summed E-state index contributed by atoms with van der Waals surface area (Å²) in [7, 11) is 0. The van der Waals surface area contributed by atoms with E-state index in [2.05, 4.69) is 62.5 Å². The third-order valence-electron chi connectivity index (χ3n) is 3.04. The highest BCUT2D eigenvalue weighted by Gasteiger charge is 2.07. The molecule has 0 unspecified atom stereocenters. The van der Waals surface area contributed by atoms with Gasteiger partial charge in [-0.15, -0.1) is 0 Å². The van der Waals surface area contributed by atoms with Crippen LogP contribution in [0.5, 0.6) is 0 Å². The van der Waals surface area contributed by atoms with Gasteiger partial charge in [0.25, 0.3) is 0 Å². The van der Waals surface area contributed by atoms with Crippen LogP contribution >= 0.6 is 34.2 Å². The molecule has 0 bridgehead atoms. The zero-order valence-electron chi connectivity index (χ0n) is 10.6. The van der Waals surface area contributed by atoms with Crippen LogP contribution in [-0.2, 0) is 6.54 Å². The molecule has 1 heterocycles. The zero-order valence-corrected chi connectivity index (χ0v) is 13.5. The first-order valence-corrected chi connectivity index (χ1v) is 7.69. The van der Waals surface area contributed by atoms with Crippen LogP contribution in [-0.4, -0.2) is 9.55 Å². The van der Waals surface area contributed by atoms with Crippen LogP contribution in [0.3, 0.4) is 0 Å². The van der Waals surface area contributed by atoms with Crippen LogP contribution < -0.4 is 0 Å². The number of nitrogens with zero attached hydrogens (tertiary/aromatic N) is 2. The fourth-order valence-corrected chi connectivity index (χ4v) is 2.91. The molecular formula is C16H12ClIN2. The lowest BCUT2D eigenvalue weighted by Gasteiger charge is -2.08. The van der Waals surface area contributed by atoms with Crippen molar-refractivity contribution in [3.8, 4) is 11.4 Å². The van der Waals surface area contributed by atoms with Gasteiger partial charge in [0.1, 0.15) is 5.82 Å². The predicted molar refractivity (Wildman–Crippen MR) is 90.9 cm³/mol. The fourth-order valence-electron chi connectivity index (χ4n) is 2.16. The Balaban J connectivity index is 1.94. The first-order chi connectivity index (χ1) is 9.72. The molecule has 0 atom stereocenters. The molecule has 0 aliphatic rings. The monoisotopic (exact) mass is 394 g/mol. The molecule has 1 aromatic heterocycles. The average Bonchev–Trinajstić information content (AvgIpc) is 2.87. The van der Waals surface area contributed by atoms with Gasteiger partial charge in [-0.1, -0.05) is 35.9 Å². The number of rotatable bonds is 3. The molecule has 0 N–H and O–H groups in total. The van der Waals surface area contributed by atoms with Crippen molar-refractivity contribution in [1.29, 1.82) is 0 Å². The molecule has 3 aromatic rings. The Morgan fingerprint density at radius 2 is 1.95 bits per heavy atom. The summed E-state index contributed by atoms with van der Waals surface area (Å²) in [4.78, 5) is 4.47. The van der Waals surface area contributed by atoms with Crippen molar-refractivity contribution in [3.05, 3.63) is 75.1 Å². The lowest BCUT2D eigenvalue weighted by atomic mass is 10.2. The molecule has 0 aliphatic heterocycles. The Kier molecular flexibility index (Phi) is 4.08. The molecule has 20 heavy (non-hydrogen) atoms. The highest BCUT2D eigenvalue weighted by atomic mass is 127. The van der Waals surface area contributed by atoms with Crippen LogP contribution in [0.4, 0.5) is 0 Å². The van der Waals surface area contributed by atoms with Gasteiger partial charge in [0.15, 0.2) is 0 Å². The standard InChI is InChI=1S/C16H12ClIN2/c17-14-5-1-3-12(9-14)11-20-8-7-19-16(20)13-4-2-6-15(18)10-13/h1-10H,11H2. The van der Waals surface area contributed by atoms with Gasteiger partial charge in [-0.25, -0.2) is 4.98 Å². The Bertz CT molecular complexity index is 737. The van der Waals surface area contributed by atoms with E-state index < -0.39 is 0 Å². The highest BCUT2D eigenvalue weighted by molar-refractivity contribution is 14.1. The fraction of sp³-hybridized carbons (Fsp3) is 0.0625. The van der Waals surface area contributed by atoms with Crippen molar-refractivity contribution >= 4 is 34.2 Å². The average molecular weight is 395 g/mol. The maximum Gasteiger partial charge on any atom is 0.140 e. The largest absolute Gasteiger partial charge is 0.327 e. The van der Waals surface area contributed by atoms with Gasteiger partial charge in [-0.05, 0) is 52.4 Å². The SMILES string of the molecule is Clc1cccc(Cn2ccnc2-c2cccc(I)c2)c1. The van der Waals surface area contributed by atoms with Gasteiger partial charge >= 0.3 is 0 Å². The number of benzene rings is 2. The summed E-state index contributed by atoms with van der Waals surface area (Å²) in [6.07, 6.45) is 3.83. The molecule has 0 aliphatic carbocycles. The molecule has 2 aromatic carbocycles. The lowest BCUT2D eigenvalue weighted by molar-refractivity contribution is 0.807. The van der Waals surface area contributed by atoms with Crippen molar-refractivity contribution in [3.63, 3.8) is 0 Å². The molecule has 0 amide bonds. The van der Waals surface area contributed by atoms with E-state index in [1.165, 1.54) is 9.13 Å². The second kappa shape index (κ2) is 5.97. The molecule has 0 saturated carbocycles. The van der Waals surface area contributed by atoms with Crippen LogP contribution in [0.2, 0.25) is 5.02 Å². The first-order valence-electron chi connectivity index (χ1n) is 6.24. The highest BCUT2D eigenvalue weighted by Crippen LogP contribution is 2.21. The van der Waals surface area contributed by atoms with E-state index in [4.69, 9.17) is 11.6 Å². The topological polar surface area (TPSA) is 17.8 Å². The van der Waals surface area contributed by atoms with E-state index in [-0.39, 0.29) is 0 Å². The van der Waals surface area contributed by atoms with E-state index in [1.54, 1.807) is 0 Å². The maximum absolute atomic E-state index is 6.04. The number of hydrogen-bond acceptors (Lipinski definition) is 1. The minimum absolute atomic E-state index is 0.762. The van der Waals surface area contributed by atoms with Crippen LogP contribution in [0.15, 0.2) is 60.9 Å². The second-order valence-electron chi connectivity index (χ2n) is 4.52. The third-order valence-corrected chi connectivity index (χ3v) is 3.95. The summed E-state index contributed by atoms with van der Waals surface area (Å²) in [5, 5.41) is 0.762. The van der Waals surface area contributed by atoms with Crippen molar-refractivity contribution < 1.29 is 0 Å². The van der Waals surface area contributed by atoms with Gasteiger partial charge < -0.3 is 4.57 Å². The number of hydrogen-bond donors (Lipinski definition) is 0. The Hall–Kier alpha value is -1.33. The molecule has 0 saturated heterocycles. The Morgan fingerprint density at radius 3 is 2.75 bits per heavy atom. The lowest BCUT2D eigenvalue weighted by Crippen LogP contribution is -2.01. The summed E-state index contributed by atoms with van der Waals surface area (Å²) in [5.41, 5.74) is 2.30. The smallest absolute Gasteiger partial charge is 0.140 e. The van der Waals surface area contributed by atoms with Gasteiger partial charge in [-0.3, -0.25) is 0 Å². The van der Waals surface area contributed by atoms with E-state index >= 15 is 0 Å². The van der Waals surface area contributed by atoms with Crippen LogP contribution in [0, 0.1) is 3.57 Å². The van der Waals surface area contributed by atoms with Gasteiger partial charge in [0.05, 0.1) is 0 Å². The van der Waals surface area contributed by atoms with E-state index in [1.807, 2.05) is 30.6 Å². The summed E-state index contributed by atoms with van der Waals surface area (Å²) in [5.74, 6) is 0.975. The van der Waals surface area contributed by atoms with Gasteiger partial charge in [0, 0.05) is 33.1 Å². The summed E-state index contributed by atoms with van der Waals surface area (Å²) >= 11 is 8.35. The summed E-state index contributed by atoms with van der Waals surface area (Å²) < 4.78 is 3.34. The minimum Gasteiger partial charge on any atom is -0.327 e. The summed E-state index contributed by atoms with van der Waals surface area (Å²) in [6.45, 7) is 0.765. The molecule has 0 radical (unpaired) electrons. The number of imidazole rings is 1. The molecule has 4 heteroatoms. The maximum atomic E-state index is 6.04. The molecule has 0 spiro atoms. The predicted octanol–water partition coefficient (Wildman–Crippen LogP) is 4.86. The van der Waals surface area contributed by atoms with Crippen molar-refractivity contribution in [2.75, 3.05) is 0 Å². The van der Waals surface area contributed by atoms with Crippen molar-refractivity contribution in [2.45, 2.75) is 6.54 Å². The van der Waals surface area contributed by atoms with Crippen molar-refractivity contribution in [1.82, 2.24) is 9.55 Å². The first kappa shape index (κ1) is 13.6. The molecule has 100 valence electrons. The zero-order chi connectivity index (χ0) is 13.9. The van der Waals surface area contributed by atoms with Gasteiger partial charge in [0.2, 0.25) is 0 Å². The second-order valence-corrected chi connectivity index (χ2v) is 6.20. The number of aromatic nitrogens is 2. The normalized spacial score (nSPS) is 10.7. The molecule has 0 fully saturated rings. The van der Waals surface area contributed by atoms with E-state index in [9.17, 15) is 0 Å². The quantitative estimate of drug-likeness (QED) is 0.580. The molecule has 3 rings (SSSR count). The summed E-state index contributed by atoms with van der Waals surface area (Å²) in [6, 6.07) is 16.3. The van der Waals surface area contributed by atoms with Crippen LogP contribution in [0.25, 0.3) is 11.4 Å². The molecular weight excluding hydrogens is 383 g/mol. The van der Waals surface area contributed by atoms with E-state index in [0.29, 0.717) is 0 Å². The van der Waals surface area contributed by atoms with Crippen LogP contribution in [0.1, 0.15) is 5.56 Å².